The number of carbonyl (C=O) groups is 1. The van der Waals surface area contributed by atoms with Gasteiger partial charge in [-0.25, -0.2) is 8.42 Å². The van der Waals surface area contributed by atoms with Crippen LogP contribution in [0.3, 0.4) is 0 Å². The summed E-state index contributed by atoms with van der Waals surface area (Å²) in [5, 5.41) is 2.67. The van der Waals surface area contributed by atoms with Gasteiger partial charge in [0.2, 0.25) is 5.91 Å². The van der Waals surface area contributed by atoms with Gasteiger partial charge in [0.1, 0.15) is 0 Å². The maximum atomic E-state index is 11.9. The molecule has 102 valence electrons. The van der Waals surface area contributed by atoms with Crippen LogP contribution in [0.5, 0.6) is 0 Å². The molecule has 0 aromatic rings. The van der Waals surface area contributed by atoms with Gasteiger partial charge in [0.25, 0.3) is 0 Å². The van der Waals surface area contributed by atoms with Gasteiger partial charge in [-0.3, -0.25) is 4.79 Å². The Balaban J connectivity index is 4.36. The fourth-order valence-corrected chi connectivity index (χ4v) is 2.31. The van der Waals surface area contributed by atoms with Crippen molar-refractivity contribution in [3.05, 3.63) is 0 Å². The number of nitrogens with two attached hydrogens (primary N) is 1. The maximum absolute atomic E-state index is 11.9. The molecule has 0 spiro atoms. The van der Waals surface area contributed by atoms with E-state index in [2.05, 4.69) is 5.32 Å². The van der Waals surface area contributed by atoms with Gasteiger partial charge >= 0.3 is 0 Å². The van der Waals surface area contributed by atoms with Crippen LogP contribution in [0.4, 0.5) is 0 Å². The molecule has 1 amide bonds. The number of amides is 1. The minimum absolute atomic E-state index is 0.0106. The van der Waals surface area contributed by atoms with Gasteiger partial charge in [-0.2, -0.15) is 0 Å². The first-order chi connectivity index (χ1) is 7.87. The lowest BCUT2D eigenvalue weighted by molar-refractivity contribution is -0.130. The first-order valence-corrected chi connectivity index (χ1v) is 7.88. The van der Waals surface area contributed by atoms with Gasteiger partial charge in [-0.15, -0.1) is 0 Å². The number of hydrogen-bond acceptors (Lipinski definition) is 4. The number of carbonyl (C=O) groups excluding carboxylic acids is 1. The molecule has 17 heavy (non-hydrogen) atoms. The van der Waals surface area contributed by atoms with E-state index in [1.165, 1.54) is 0 Å². The van der Waals surface area contributed by atoms with Crippen LogP contribution in [0.15, 0.2) is 0 Å². The molecular weight excluding hydrogens is 240 g/mol. The molecule has 0 unspecified atom stereocenters. The van der Waals surface area contributed by atoms with Crippen molar-refractivity contribution < 1.29 is 13.2 Å². The van der Waals surface area contributed by atoms with Gasteiger partial charge in [0, 0.05) is 18.8 Å². The lowest BCUT2D eigenvalue weighted by atomic mass is 9.81. The van der Waals surface area contributed by atoms with Crippen molar-refractivity contribution in [1.29, 1.82) is 0 Å². The Morgan fingerprint density at radius 1 is 1.24 bits per heavy atom. The Bertz CT molecular complexity index is 326. The van der Waals surface area contributed by atoms with E-state index in [0.29, 0.717) is 12.8 Å². The molecule has 0 saturated heterocycles. The van der Waals surface area contributed by atoms with Crippen molar-refractivity contribution in [2.45, 2.75) is 33.6 Å². The summed E-state index contributed by atoms with van der Waals surface area (Å²) in [4.78, 5) is 11.9. The van der Waals surface area contributed by atoms with E-state index in [4.69, 9.17) is 5.73 Å². The van der Waals surface area contributed by atoms with Gasteiger partial charge in [-0.1, -0.05) is 20.8 Å². The Morgan fingerprint density at radius 2 is 1.76 bits per heavy atom. The molecular formula is C11H24N2O3S. The molecule has 3 N–H and O–H groups in total. The molecule has 0 aliphatic heterocycles. The Labute approximate surface area is 104 Å². The highest BCUT2D eigenvalue weighted by atomic mass is 32.2. The summed E-state index contributed by atoms with van der Waals surface area (Å²) in [7, 11) is -3.03. The lowest BCUT2D eigenvalue weighted by Gasteiger charge is -2.28. The summed E-state index contributed by atoms with van der Waals surface area (Å²) in [5.41, 5.74) is 5.07. The zero-order valence-electron chi connectivity index (χ0n) is 11.0. The molecule has 0 bridgehead atoms. The summed E-state index contributed by atoms with van der Waals surface area (Å²) in [6, 6.07) is 0. The second-order valence-corrected chi connectivity index (χ2v) is 6.66. The van der Waals surface area contributed by atoms with Gasteiger partial charge in [0.15, 0.2) is 9.84 Å². The second kappa shape index (κ2) is 6.96. The molecule has 0 aromatic carbocycles. The third-order valence-electron chi connectivity index (χ3n) is 3.36. The Hall–Kier alpha value is -0.620. The van der Waals surface area contributed by atoms with Crippen LogP contribution in [-0.2, 0) is 14.6 Å². The summed E-state index contributed by atoms with van der Waals surface area (Å²) in [5.74, 6) is -0.0493. The topological polar surface area (TPSA) is 89.3 Å². The highest BCUT2D eigenvalue weighted by Gasteiger charge is 2.32. The lowest BCUT2D eigenvalue weighted by Crippen LogP contribution is -2.46. The van der Waals surface area contributed by atoms with Gasteiger partial charge in [-0.05, 0) is 12.8 Å². The van der Waals surface area contributed by atoms with E-state index in [-0.39, 0.29) is 30.5 Å². The van der Waals surface area contributed by atoms with Crippen LogP contribution in [0.2, 0.25) is 0 Å². The molecule has 0 fully saturated rings. The van der Waals surface area contributed by atoms with Crippen molar-refractivity contribution in [2.24, 2.45) is 11.1 Å². The van der Waals surface area contributed by atoms with Crippen molar-refractivity contribution in [3.63, 3.8) is 0 Å². The highest BCUT2D eigenvalue weighted by Crippen LogP contribution is 2.24. The predicted molar refractivity (Wildman–Crippen MR) is 69.4 cm³/mol. The first-order valence-electron chi connectivity index (χ1n) is 6.06. The predicted octanol–water partition coefficient (Wildman–Crippen LogP) is 0.302. The minimum atomic E-state index is -3.03. The average molecular weight is 264 g/mol. The zero-order valence-corrected chi connectivity index (χ0v) is 11.8. The summed E-state index contributed by atoms with van der Waals surface area (Å²) in [6.07, 6.45) is 1.32. The maximum Gasteiger partial charge on any atom is 0.227 e. The molecule has 0 aliphatic rings. The van der Waals surface area contributed by atoms with E-state index < -0.39 is 15.3 Å². The van der Waals surface area contributed by atoms with E-state index in [1.54, 1.807) is 6.92 Å². The molecule has 0 saturated carbocycles. The van der Waals surface area contributed by atoms with Gasteiger partial charge < -0.3 is 11.1 Å². The summed E-state index contributed by atoms with van der Waals surface area (Å²) >= 11 is 0. The molecule has 0 aliphatic carbocycles. The highest BCUT2D eigenvalue weighted by molar-refractivity contribution is 7.91. The molecule has 0 atom stereocenters. The average Bonchev–Trinajstić information content (AvgIpc) is 2.32. The van der Waals surface area contributed by atoms with Crippen LogP contribution < -0.4 is 11.1 Å². The fourth-order valence-electron chi connectivity index (χ4n) is 1.60. The van der Waals surface area contributed by atoms with Crippen LogP contribution in [0.1, 0.15) is 33.6 Å². The number of sulfone groups is 1. The third-order valence-corrected chi connectivity index (χ3v) is 5.07. The van der Waals surface area contributed by atoms with Crippen LogP contribution in [-0.4, -0.2) is 38.9 Å². The fraction of sp³-hybridized carbons (Fsp3) is 0.909. The molecule has 0 heterocycles. The smallest absolute Gasteiger partial charge is 0.227 e. The van der Waals surface area contributed by atoms with E-state index >= 15 is 0 Å². The Kier molecular flexibility index (Phi) is 6.70. The monoisotopic (exact) mass is 264 g/mol. The SMILES string of the molecule is CCC(CC)(CN)C(=O)NCCS(=O)(=O)CC. The van der Waals surface area contributed by atoms with E-state index in [0.717, 1.165) is 0 Å². The number of rotatable bonds is 8. The molecule has 0 radical (unpaired) electrons. The number of hydrogen-bond donors (Lipinski definition) is 2. The van der Waals surface area contributed by atoms with Crippen molar-refractivity contribution in [2.75, 3.05) is 24.6 Å². The van der Waals surface area contributed by atoms with E-state index in [1.807, 2.05) is 13.8 Å². The molecule has 6 heteroatoms. The Morgan fingerprint density at radius 3 is 2.12 bits per heavy atom. The largest absolute Gasteiger partial charge is 0.355 e. The van der Waals surface area contributed by atoms with Crippen LogP contribution in [0, 0.1) is 5.41 Å². The number of nitrogens with one attached hydrogen (secondary N) is 1. The molecule has 0 aromatic heterocycles. The second-order valence-electron chi connectivity index (χ2n) is 4.18. The van der Waals surface area contributed by atoms with Crippen LogP contribution >= 0.6 is 0 Å². The van der Waals surface area contributed by atoms with Gasteiger partial charge in [0.05, 0.1) is 11.2 Å². The van der Waals surface area contributed by atoms with Crippen molar-refractivity contribution >= 4 is 15.7 Å². The molecule has 5 nitrogen and oxygen atoms in total. The normalized spacial score (nSPS) is 12.5. The zero-order chi connectivity index (χ0) is 13.5. The third kappa shape index (κ3) is 4.63. The quantitative estimate of drug-likeness (QED) is 0.660. The minimum Gasteiger partial charge on any atom is -0.355 e. The first kappa shape index (κ1) is 16.4. The van der Waals surface area contributed by atoms with Crippen molar-refractivity contribution in [1.82, 2.24) is 5.32 Å². The van der Waals surface area contributed by atoms with Crippen molar-refractivity contribution in [3.8, 4) is 0 Å². The van der Waals surface area contributed by atoms with E-state index in [9.17, 15) is 13.2 Å². The van der Waals surface area contributed by atoms with Crippen LogP contribution in [0.25, 0.3) is 0 Å². The summed E-state index contributed by atoms with van der Waals surface area (Å²) < 4.78 is 22.5. The summed E-state index contributed by atoms with van der Waals surface area (Å²) in [6.45, 7) is 5.87. The molecule has 0 rings (SSSR count). The standard InChI is InChI=1S/C11H24N2O3S/c1-4-11(5-2,9-12)10(14)13-7-8-17(15,16)6-3/h4-9,12H2,1-3H3,(H,13,14).